The molecule has 2 N–H and O–H groups in total. The lowest BCUT2D eigenvalue weighted by molar-refractivity contribution is 0.271. The fraction of sp³-hybridized carbons (Fsp3) is 0.600. The Morgan fingerprint density at radius 3 is 2.56 bits per heavy atom. The van der Waals surface area contributed by atoms with E-state index < -0.39 is 0 Å². The second-order valence-electron chi connectivity index (χ2n) is 4.31. The van der Waals surface area contributed by atoms with Crippen molar-refractivity contribution >= 4 is 0 Å². The summed E-state index contributed by atoms with van der Waals surface area (Å²) in [7, 11) is 0. The van der Waals surface area contributed by atoms with Crippen LogP contribution in [-0.2, 0) is 6.42 Å². The van der Waals surface area contributed by atoms with Gasteiger partial charge in [0, 0.05) is 0 Å². The first-order chi connectivity index (χ1) is 8.81. The number of benzene rings is 1. The number of hydrogen-bond acceptors (Lipinski definition) is 3. The van der Waals surface area contributed by atoms with Crippen molar-refractivity contribution in [3.05, 3.63) is 23.8 Å². The first-order valence-electron chi connectivity index (χ1n) is 6.90. The average Bonchev–Trinajstić information content (AvgIpc) is 2.37. The number of unbranched alkanes of at least 4 members (excludes halogenated alkanes) is 2. The average molecular weight is 251 g/mol. The summed E-state index contributed by atoms with van der Waals surface area (Å²) in [6, 6.07) is 6.08. The van der Waals surface area contributed by atoms with Crippen LogP contribution in [0.2, 0.25) is 0 Å². The van der Waals surface area contributed by atoms with E-state index in [0.29, 0.717) is 13.2 Å². The van der Waals surface area contributed by atoms with Crippen molar-refractivity contribution in [1.82, 2.24) is 0 Å². The molecule has 0 aliphatic rings. The van der Waals surface area contributed by atoms with Crippen LogP contribution in [0, 0.1) is 0 Å². The number of ether oxygens (including phenoxy) is 2. The van der Waals surface area contributed by atoms with E-state index in [0.717, 1.165) is 30.9 Å². The second kappa shape index (κ2) is 8.81. The Balaban J connectivity index is 2.63. The van der Waals surface area contributed by atoms with E-state index in [1.807, 2.05) is 19.1 Å². The molecule has 0 heterocycles. The number of hydrogen-bond donors (Lipinski definition) is 1. The summed E-state index contributed by atoms with van der Waals surface area (Å²) in [4.78, 5) is 0. The quantitative estimate of drug-likeness (QED) is 0.686. The smallest absolute Gasteiger partial charge is 0.161 e. The van der Waals surface area contributed by atoms with Gasteiger partial charge in [-0.25, -0.2) is 0 Å². The largest absolute Gasteiger partial charge is 0.490 e. The molecule has 1 rings (SSSR count). The zero-order valence-corrected chi connectivity index (χ0v) is 11.6. The molecule has 0 aromatic heterocycles. The molecule has 3 heteroatoms. The molecule has 0 aliphatic carbocycles. The van der Waals surface area contributed by atoms with Crippen molar-refractivity contribution in [2.45, 2.75) is 39.5 Å². The van der Waals surface area contributed by atoms with Gasteiger partial charge in [-0.05, 0) is 44.0 Å². The van der Waals surface area contributed by atoms with Crippen molar-refractivity contribution in [2.75, 3.05) is 19.8 Å². The summed E-state index contributed by atoms with van der Waals surface area (Å²) in [5, 5.41) is 0. The third-order valence-electron chi connectivity index (χ3n) is 2.75. The van der Waals surface area contributed by atoms with Gasteiger partial charge in [-0.1, -0.05) is 25.8 Å². The summed E-state index contributed by atoms with van der Waals surface area (Å²) in [6.45, 7) is 6.23. The molecule has 1 aromatic carbocycles. The van der Waals surface area contributed by atoms with Gasteiger partial charge in [-0.3, -0.25) is 0 Å². The monoisotopic (exact) mass is 251 g/mol. The standard InChI is InChI=1S/C15H25NO2/c1-3-5-6-11-18-14-8-7-13(9-10-16)12-15(14)17-4-2/h7-8,12H,3-6,9-11,16H2,1-2H3. The van der Waals surface area contributed by atoms with E-state index in [-0.39, 0.29) is 0 Å². The van der Waals surface area contributed by atoms with E-state index in [2.05, 4.69) is 13.0 Å². The Labute approximate surface area is 110 Å². The van der Waals surface area contributed by atoms with Gasteiger partial charge in [0.25, 0.3) is 0 Å². The van der Waals surface area contributed by atoms with E-state index in [4.69, 9.17) is 15.2 Å². The van der Waals surface area contributed by atoms with Gasteiger partial charge in [0.1, 0.15) is 0 Å². The minimum atomic E-state index is 0.650. The molecule has 0 atom stereocenters. The summed E-state index contributed by atoms with van der Waals surface area (Å²) in [6.07, 6.45) is 4.37. The summed E-state index contributed by atoms with van der Waals surface area (Å²) in [5.41, 5.74) is 6.76. The molecule has 0 saturated carbocycles. The zero-order chi connectivity index (χ0) is 13.2. The predicted octanol–water partition coefficient (Wildman–Crippen LogP) is 3.16. The minimum absolute atomic E-state index is 0.650. The van der Waals surface area contributed by atoms with Gasteiger partial charge >= 0.3 is 0 Å². The number of rotatable bonds is 9. The predicted molar refractivity (Wildman–Crippen MR) is 75.4 cm³/mol. The molecule has 0 radical (unpaired) electrons. The van der Waals surface area contributed by atoms with Crippen LogP contribution in [-0.4, -0.2) is 19.8 Å². The summed E-state index contributed by atoms with van der Waals surface area (Å²) >= 11 is 0. The topological polar surface area (TPSA) is 44.5 Å². The van der Waals surface area contributed by atoms with Crippen molar-refractivity contribution in [1.29, 1.82) is 0 Å². The maximum Gasteiger partial charge on any atom is 0.161 e. The third kappa shape index (κ3) is 4.96. The van der Waals surface area contributed by atoms with Gasteiger partial charge < -0.3 is 15.2 Å². The van der Waals surface area contributed by atoms with Crippen molar-refractivity contribution in [2.24, 2.45) is 5.73 Å². The molecule has 0 aliphatic heterocycles. The molecular formula is C15H25NO2. The first kappa shape index (κ1) is 14.8. The molecule has 0 unspecified atom stereocenters. The van der Waals surface area contributed by atoms with Gasteiger partial charge in [-0.15, -0.1) is 0 Å². The van der Waals surface area contributed by atoms with Crippen molar-refractivity contribution < 1.29 is 9.47 Å². The third-order valence-corrected chi connectivity index (χ3v) is 2.75. The fourth-order valence-electron chi connectivity index (χ4n) is 1.80. The Kier molecular flexibility index (Phi) is 7.26. The number of nitrogens with two attached hydrogens (primary N) is 1. The lowest BCUT2D eigenvalue weighted by Crippen LogP contribution is -2.05. The Morgan fingerprint density at radius 2 is 1.89 bits per heavy atom. The SMILES string of the molecule is CCCCCOc1ccc(CCN)cc1OCC. The van der Waals surface area contributed by atoms with E-state index in [9.17, 15) is 0 Å². The molecule has 0 amide bonds. The molecule has 0 spiro atoms. The van der Waals surface area contributed by atoms with E-state index in [1.54, 1.807) is 0 Å². The first-order valence-corrected chi connectivity index (χ1v) is 6.90. The van der Waals surface area contributed by atoms with E-state index in [1.165, 1.54) is 18.4 Å². The zero-order valence-electron chi connectivity index (χ0n) is 11.6. The maximum atomic E-state index is 5.77. The molecule has 18 heavy (non-hydrogen) atoms. The molecule has 0 bridgehead atoms. The summed E-state index contributed by atoms with van der Waals surface area (Å²) < 4.78 is 11.4. The van der Waals surface area contributed by atoms with Crippen LogP contribution in [0.25, 0.3) is 0 Å². The lowest BCUT2D eigenvalue weighted by atomic mass is 10.1. The van der Waals surface area contributed by atoms with Crippen LogP contribution in [0.5, 0.6) is 11.5 Å². The van der Waals surface area contributed by atoms with Crippen LogP contribution in [0.1, 0.15) is 38.7 Å². The maximum absolute atomic E-state index is 5.77. The van der Waals surface area contributed by atoms with Gasteiger partial charge in [0.2, 0.25) is 0 Å². The Hall–Kier alpha value is -1.22. The van der Waals surface area contributed by atoms with Crippen LogP contribution >= 0.6 is 0 Å². The fourth-order valence-corrected chi connectivity index (χ4v) is 1.80. The van der Waals surface area contributed by atoms with Crippen LogP contribution in [0.4, 0.5) is 0 Å². The van der Waals surface area contributed by atoms with E-state index >= 15 is 0 Å². The Bertz CT molecular complexity index is 339. The lowest BCUT2D eigenvalue weighted by Gasteiger charge is -2.13. The van der Waals surface area contributed by atoms with Crippen LogP contribution in [0.3, 0.4) is 0 Å². The highest BCUT2D eigenvalue weighted by Gasteiger charge is 2.06. The highest BCUT2D eigenvalue weighted by molar-refractivity contribution is 5.43. The van der Waals surface area contributed by atoms with Crippen molar-refractivity contribution in [3.8, 4) is 11.5 Å². The highest BCUT2D eigenvalue weighted by Crippen LogP contribution is 2.28. The van der Waals surface area contributed by atoms with Crippen LogP contribution < -0.4 is 15.2 Å². The molecule has 0 saturated heterocycles. The second-order valence-corrected chi connectivity index (χ2v) is 4.31. The highest BCUT2D eigenvalue weighted by atomic mass is 16.5. The Morgan fingerprint density at radius 1 is 1.06 bits per heavy atom. The minimum Gasteiger partial charge on any atom is -0.490 e. The van der Waals surface area contributed by atoms with Gasteiger partial charge in [0.15, 0.2) is 11.5 Å². The molecule has 102 valence electrons. The van der Waals surface area contributed by atoms with Crippen molar-refractivity contribution in [3.63, 3.8) is 0 Å². The molecule has 1 aromatic rings. The molecule has 0 fully saturated rings. The summed E-state index contributed by atoms with van der Waals surface area (Å²) in [5.74, 6) is 1.67. The van der Waals surface area contributed by atoms with Gasteiger partial charge in [0.05, 0.1) is 13.2 Å². The van der Waals surface area contributed by atoms with Gasteiger partial charge in [-0.2, -0.15) is 0 Å². The normalized spacial score (nSPS) is 10.4. The van der Waals surface area contributed by atoms with Crippen LogP contribution in [0.15, 0.2) is 18.2 Å². The molecular weight excluding hydrogens is 226 g/mol. The molecule has 3 nitrogen and oxygen atoms in total.